The minimum absolute atomic E-state index is 0.0156. The standard InChI is InChI=1S/C13H14BrNO3S/c1-8(16)19-9-6-12(17)15(7-9)13-10(14)4-3-5-11(13)18-2/h3-5,9H,6-7H2,1-2H3. The first kappa shape index (κ1) is 14.4. The molecule has 0 spiro atoms. The van der Waals surface area contributed by atoms with Crippen molar-refractivity contribution in [1.82, 2.24) is 0 Å². The lowest BCUT2D eigenvalue weighted by atomic mass is 10.2. The summed E-state index contributed by atoms with van der Waals surface area (Å²) < 4.78 is 6.12. The van der Waals surface area contributed by atoms with Gasteiger partial charge in [-0.2, -0.15) is 0 Å². The first-order valence-corrected chi connectivity index (χ1v) is 7.50. The lowest BCUT2D eigenvalue weighted by Gasteiger charge is -2.20. The summed E-state index contributed by atoms with van der Waals surface area (Å²) >= 11 is 4.67. The molecule has 1 unspecified atom stereocenters. The van der Waals surface area contributed by atoms with Gasteiger partial charge in [-0.3, -0.25) is 9.59 Å². The third-order valence-electron chi connectivity index (χ3n) is 2.86. The summed E-state index contributed by atoms with van der Waals surface area (Å²) in [5, 5.41) is 0.0561. The average Bonchev–Trinajstić information content (AvgIpc) is 2.68. The third-order valence-corrected chi connectivity index (χ3v) is 4.48. The van der Waals surface area contributed by atoms with Crippen molar-refractivity contribution in [3.05, 3.63) is 22.7 Å². The van der Waals surface area contributed by atoms with E-state index in [0.717, 1.165) is 10.2 Å². The van der Waals surface area contributed by atoms with Crippen molar-refractivity contribution in [2.45, 2.75) is 18.6 Å². The van der Waals surface area contributed by atoms with Gasteiger partial charge in [-0.05, 0) is 28.1 Å². The maximum Gasteiger partial charge on any atom is 0.228 e. The highest BCUT2D eigenvalue weighted by atomic mass is 79.9. The Labute approximate surface area is 124 Å². The first-order valence-electron chi connectivity index (χ1n) is 5.83. The molecule has 1 saturated heterocycles. The van der Waals surface area contributed by atoms with Crippen molar-refractivity contribution < 1.29 is 14.3 Å². The highest BCUT2D eigenvalue weighted by Gasteiger charge is 2.34. The van der Waals surface area contributed by atoms with Crippen LogP contribution in [-0.2, 0) is 9.59 Å². The zero-order chi connectivity index (χ0) is 14.0. The van der Waals surface area contributed by atoms with Crippen LogP contribution >= 0.6 is 27.7 Å². The molecule has 1 aromatic rings. The number of nitrogens with zero attached hydrogens (tertiary/aromatic N) is 1. The first-order chi connectivity index (χ1) is 9.02. The van der Waals surface area contributed by atoms with Crippen molar-refractivity contribution in [2.75, 3.05) is 18.6 Å². The number of carbonyl (C=O) groups is 2. The molecule has 1 atom stereocenters. The molecule has 1 heterocycles. The Hall–Kier alpha value is -1.01. The predicted octanol–water partition coefficient (Wildman–Crippen LogP) is 2.84. The lowest BCUT2D eigenvalue weighted by molar-refractivity contribution is -0.117. The molecule has 6 heteroatoms. The number of amides is 1. The second-order valence-electron chi connectivity index (χ2n) is 4.23. The fourth-order valence-electron chi connectivity index (χ4n) is 2.13. The molecule has 19 heavy (non-hydrogen) atoms. The van der Waals surface area contributed by atoms with Crippen LogP contribution in [0.3, 0.4) is 0 Å². The van der Waals surface area contributed by atoms with Crippen LogP contribution in [0.5, 0.6) is 5.75 Å². The summed E-state index contributed by atoms with van der Waals surface area (Å²) in [5.74, 6) is 0.667. The van der Waals surface area contributed by atoms with Gasteiger partial charge in [-0.1, -0.05) is 17.8 Å². The molecule has 0 aliphatic carbocycles. The molecule has 1 fully saturated rings. The van der Waals surface area contributed by atoms with E-state index >= 15 is 0 Å². The third kappa shape index (κ3) is 3.12. The Morgan fingerprint density at radius 1 is 1.53 bits per heavy atom. The number of thioether (sulfide) groups is 1. The molecule has 4 nitrogen and oxygen atoms in total. The second kappa shape index (κ2) is 5.96. The van der Waals surface area contributed by atoms with Gasteiger partial charge < -0.3 is 9.64 Å². The minimum Gasteiger partial charge on any atom is -0.495 e. The molecule has 1 aromatic carbocycles. The molecule has 0 radical (unpaired) electrons. The Morgan fingerprint density at radius 2 is 2.26 bits per heavy atom. The van der Waals surface area contributed by atoms with Gasteiger partial charge in [-0.15, -0.1) is 0 Å². The number of anilines is 1. The molecule has 1 aliphatic rings. The van der Waals surface area contributed by atoms with Crippen molar-refractivity contribution in [1.29, 1.82) is 0 Å². The monoisotopic (exact) mass is 343 g/mol. The van der Waals surface area contributed by atoms with Crippen LogP contribution in [0.4, 0.5) is 5.69 Å². The molecule has 0 N–H and O–H groups in total. The lowest BCUT2D eigenvalue weighted by Crippen LogP contribution is -2.25. The van der Waals surface area contributed by atoms with Gasteiger partial charge >= 0.3 is 0 Å². The van der Waals surface area contributed by atoms with Gasteiger partial charge in [0.25, 0.3) is 0 Å². The van der Waals surface area contributed by atoms with Crippen molar-refractivity contribution in [3.63, 3.8) is 0 Å². The van der Waals surface area contributed by atoms with Gasteiger partial charge in [-0.25, -0.2) is 0 Å². The van der Waals surface area contributed by atoms with Gasteiger partial charge in [0.1, 0.15) is 11.4 Å². The van der Waals surface area contributed by atoms with E-state index in [1.54, 1.807) is 12.0 Å². The summed E-state index contributed by atoms with van der Waals surface area (Å²) in [7, 11) is 1.58. The number of halogens is 1. The summed E-state index contributed by atoms with van der Waals surface area (Å²) in [6, 6.07) is 5.55. The Kier molecular flexibility index (Phi) is 4.52. The quantitative estimate of drug-likeness (QED) is 0.846. The summed E-state index contributed by atoms with van der Waals surface area (Å²) in [6.07, 6.45) is 0.384. The maximum atomic E-state index is 12.1. The number of methoxy groups -OCH3 is 1. The number of hydrogen-bond donors (Lipinski definition) is 0. The number of para-hydroxylation sites is 1. The van der Waals surface area contributed by atoms with Crippen LogP contribution in [0.1, 0.15) is 13.3 Å². The normalized spacial score (nSPS) is 18.8. The molecule has 0 saturated carbocycles. The fourth-order valence-corrected chi connectivity index (χ4v) is 3.61. The van der Waals surface area contributed by atoms with Crippen LogP contribution in [0, 0.1) is 0 Å². The second-order valence-corrected chi connectivity index (χ2v) is 6.56. The van der Waals surface area contributed by atoms with Crippen LogP contribution < -0.4 is 9.64 Å². The molecule has 1 amide bonds. The summed E-state index contributed by atoms with van der Waals surface area (Å²) in [5.41, 5.74) is 0.738. The molecule has 2 rings (SSSR count). The minimum atomic E-state index is 0.0156. The highest BCUT2D eigenvalue weighted by molar-refractivity contribution is 9.10. The average molecular weight is 344 g/mol. The predicted molar refractivity (Wildman–Crippen MR) is 79.7 cm³/mol. The number of rotatable bonds is 3. The zero-order valence-corrected chi connectivity index (χ0v) is 13.1. The molecule has 102 valence electrons. The van der Waals surface area contributed by atoms with Crippen molar-refractivity contribution in [2.24, 2.45) is 0 Å². The SMILES string of the molecule is COc1cccc(Br)c1N1CC(SC(C)=O)CC1=O. The largest absolute Gasteiger partial charge is 0.495 e. The van der Waals surface area contributed by atoms with Crippen LogP contribution in [0.25, 0.3) is 0 Å². The summed E-state index contributed by atoms with van der Waals surface area (Å²) in [4.78, 5) is 24.9. The number of carbonyl (C=O) groups excluding carboxylic acids is 2. The number of ether oxygens (including phenoxy) is 1. The number of hydrogen-bond acceptors (Lipinski definition) is 4. The Morgan fingerprint density at radius 3 is 2.89 bits per heavy atom. The maximum absolute atomic E-state index is 12.1. The summed E-state index contributed by atoms with van der Waals surface area (Å²) in [6.45, 7) is 2.05. The molecular weight excluding hydrogens is 330 g/mol. The van der Waals surface area contributed by atoms with Gasteiger partial charge in [0.15, 0.2) is 5.12 Å². The van der Waals surface area contributed by atoms with Gasteiger partial charge in [0.2, 0.25) is 5.91 Å². The molecule has 1 aliphatic heterocycles. The van der Waals surface area contributed by atoms with Crippen molar-refractivity contribution in [3.8, 4) is 5.75 Å². The van der Waals surface area contributed by atoms with E-state index in [9.17, 15) is 9.59 Å². The number of benzene rings is 1. The molecule has 0 aromatic heterocycles. The van der Waals surface area contributed by atoms with E-state index in [1.165, 1.54) is 18.7 Å². The van der Waals surface area contributed by atoms with E-state index in [4.69, 9.17) is 4.74 Å². The Balaban J connectivity index is 2.28. The van der Waals surface area contributed by atoms with Gasteiger partial charge in [0, 0.05) is 29.6 Å². The van der Waals surface area contributed by atoms with Crippen LogP contribution in [0.15, 0.2) is 22.7 Å². The topological polar surface area (TPSA) is 46.6 Å². The highest BCUT2D eigenvalue weighted by Crippen LogP contribution is 2.39. The molecular formula is C13H14BrNO3S. The van der Waals surface area contributed by atoms with Gasteiger partial charge in [0.05, 0.1) is 7.11 Å². The fraction of sp³-hybridized carbons (Fsp3) is 0.385. The van der Waals surface area contributed by atoms with E-state index < -0.39 is 0 Å². The molecule has 0 bridgehead atoms. The van der Waals surface area contributed by atoms with Crippen LogP contribution in [-0.4, -0.2) is 29.9 Å². The van der Waals surface area contributed by atoms with E-state index in [1.807, 2.05) is 18.2 Å². The Bertz CT molecular complexity index is 521. The zero-order valence-electron chi connectivity index (χ0n) is 10.7. The van der Waals surface area contributed by atoms with Crippen molar-refractivity contribution >= 4 is 44.4 Å². The van der Waals surface area contributed by atoms with E-state index in [-0.39, 0.29) is 16.3 Å². The van der Waals surface area contributed by atoms with Crippen LogP contribution in [0.2, 0.25) is 0 Å². The smallest absolute Gasteiger partial charge is 0.228 e. The van der Waals surface area contributed by atoms with E-state index in [0.29, 0.717) is 18.7 Å². The van der Waals surface area contributed by atoms with E-state index in [2.05, 4.69) is 15.9 Å².